The fourth-order valence-corrected chi connectivity index (χ4v) is 4.87. The number of nitrogens with one attached hydrogen (secondary N) is 3. The number of hydrogen-bond acceptors (Lipinski definition) is 7. The van der Waals surface area contributed by atoms with Crippen LogP contribution in [-0.2, 0) is 14.3 Å². The van der Waals surface area contributed by atoms with E-state index in [0.29, 0.717) is 34.6 Å². The number of likely N-dealkylation sites (N-methyl/N-ethyl adjacent to an activating group) is 1. The maximum absolute atomic E-state index is 13.2. The first-order valence-corrected chi connectivity index (χ1v) is 13.4. The van der Waals surface area contributed by atoms with Crippen LogP contribution in [0.3, 0.4) is 0 Å². The SMILES string of the molecule is CCOC(=O)c1ccc2c(c1)NC(=O)C2=C(Nc1ccc(N(C)C(=O)CN2CCNCC2)cc1)c1ccccc1. The summed E-state index contributed by atoms with van der Waals surface area (Å²) in [5.74, 6) is -0.664. The average molecular weight is 540 g/mol. The molecular formula is C31H33N5O4. The highest BCUT2D eigenvalue weighted by Crippen LogP contribution is 2.38. The summed E-state index contributed by atoms with van der Waals surface area (Å²) in [6.07, 6.45) is 0. The summed E-state index contributed by atoms with van der Waals surface area (Å²) in [4.78, 5) is 42.2. The summed E-state index contributed by atoms with van der Waals surface area (Å²) in [7, 11) is 1.79. The molecule has 2 aliphatic heterocycles. The Labute approximate surface area is 233 Å². The zero-order valence-electron chi connectivity index (χ0n) is 22.7. The number of carbonyl (C=O) groups excluding carboxylic acids is 3. The van der Waals surface area contributed by atoms with Gasteiger partial charge in [0, 0.05) is 50.2 Å². The second-order valence-electron chi connectivity index (χ2n) is 9.70. The van der Waals surface area contributed by atoms with Crippen LogP contribution >= 0.6 is 0 Å². The van der Waals surface area contributed by atoms with Gasteiger partial charge < -0.3 is 25.6 Å². The van der Waals surface area contributed by atoms with E-state index in [1.807, 2.05) is 54.6 Å². The van der Waals surface area contributed by atoms with Gasteiger partial charge in [-0.05, 0) is 48.9 Å². The maximum Gasteiger partial charge on any atom is 0.338 e. The van der Waals surface area contributed by atoms with Crippen LogP contribution in [0.5, 0.6) is 0 Å². The Hall–Kier alpha value is -4.47. The molecule has 3 aromatic rings. The van der Waals surface area contributed by atoms with Gasteiger partial charge in [-0.2, -0.15) is 0 Å². The molecule has 3 N–H and O–H groups in total. The molecule has 1 saturated heterocycles. The van der Waals surface area contributed by atoms with E-state index in [2.05, 4.69) is 20.9 Å². The molecule has 1 fully saturated rings. The number of esters is 1. The molecule has 0 aliphatic carbocycles. The smallest absolute Gasteiger partial charge is 0.338 e. The van der Waals surface area contributed by atoms with Crippen LogP contribution in [0.15, 0.2) is 72.8 Å². The van der Waals surface area contributed by atoms with Crippen molar-refractivity contribution in [3.63, 3.8) is 0 Å². The number of hydrogen-bond donors (Lipinski definition) is 3. The molecule has 0 saturated carbocycles. The second kappa shape index (κ2) is 12.1. The number of piperazine rings is 1. The van der Waals surface area contributed by atoms with Crippen LogP contribution in [0.25, 0.3) is 11.3 Å². The van der Waals surface area contributed by atoms with Crippen molar-refractivity contribution in [2.75, 3.05) is 61.9 Å². The van der Waals surface area contributed by atoms with E-state index in [1.165, 1.54) is 0 Å². The number of carbonyl (C=O) groups is 3. The molecule has 0 atom stereocenters. The number of benzene rings is 3. The Bertz CT molecular complexity index is 1430. The number of fused-ring (bicyclic) bond motifs is 1. The first-order chi connectivity index (χ1) is 19.4. The first kappa shape index (κ1) is 27.1. The van der Waals surface area contributed by atoms with Crippen LogP contribution in [0.1, 0.15) is 28.4 Å². The largest absolute Gasteiger partial charge is 0.462 e. The molecule has 0 spiro atoms. The molecule has 40 heavy (non-hydrogen) atoms. The van der Waals surface area contributed by atoms with Gasteiger partial charge >= 0.3 is 5.97 Å². The van der Waals surface area contributed by atoms with E-state index in [0.717, 1.165) is 43.1 Å². The highest BCUT2D eigenvalue weighted by Gasteiger charge is 2.29. The quantitative estimate of drug-likeness (QED) is 0.297. The summed E-state index contributed by atoms with van der Waals surface area (Å²) in [5, 5.41) is 9.63. The van der Waals surface area contributed by atoms with E-state index in [1.54, 1.807) is 37.1 Å². The molecular weight excluding hydrogens is 506 g/mol. The minimum absolute atomic E-state index is 0.0381. The summed E-state index contributed by atoms with van der Waals surface area (Å²) >= 11 is 0. The zero-order valence-corrected chi connectivity index (χ0v) is 22.7. The molecule has 0 bridgehead atoms. The summed E-state index contributed by atoms with van der Waals surface area (Å²) in [5.41, 5.74) is 5.13. The third kappa shape index (κ3) is 5.90. The number of nitrogens with zero attached hydrogens (tertiary/aromatic N) is 2. The highest BCUT2D eigenvalue weighted by molar-refractivity contribution is 6.37. The first-order valence-electron chi connectivity index (χ1n) is 13.4. The summed E-state index contributed by atoms with van der Waals surface area (Å²) in [6.45, 7) is 5.92. The van der Waals surface area contributed by atoms with Crippen LogP contribution in [0, 0.1) is 0 Å². The molecule has 0 aromatic heterocycles. The van der Waals surface area contributed by atoms with Crippen molar-refractivity contribution in [2.45, 2.75) is 6.92 Å². The Balaban J connectivity index is 1.41. The zero-order chi connectivity index (χ0) is 28.1. The molecule has 3 aromatic carbocycles. The summed E-state index contributed by atoms with van der Waals surface area (Å²) < 4.78 is 5.11. The molecule has 2 aliphatic rings. The monoisotopic (exact) mass is 539 g/mol. The van der Waals surface area contributed by atoms with Gasteiger partial charge in [0.15, 0.2) is 0 Å². The Kier molecular flexibility index (Phi) is 8.23. The minimum atomic E-state index is -0.435. The van der Waals surface area contributed by atoms with Crippen molar-refractivity contribution in [1.29, 1.82) is 0 Å². The minimum Gasteiger partial charge on any atom is -0.462 e. The molecule has 0 radical (unpaired) electrons. The second-order valence-corrected chi connectivity index (χ2v) is 9.70. The van der Waals surface area contributed by atoms with Gasteiger partial charge in [0.25, 0.3) is 5.91 Å². The highest BCUT2D eigenvalue weighted by atomic mass is 16.5. The maximum atomic E-state index is 13.2. The van der Waals surface area contributed by atoms with E-state index in [4.69, 9.17) is 4.74 Å². The third-order valence-electron chi connectivity index (χ3n) is 7.05. The predicted octanol–water partition coefficient (Wildman–Crippen LogP) is 3.66. The lowest BCUT2D eigenvalue weighted by molar-refractivity contribution is -0.119. The van der Waals surface area contributed by atoms with Gasteiger partial charge in [-0.25, -0.2) is 4.79 Å². The Morgan fingerprint density at radius 1 is 0.975 bits per heavy atom. The standard InChI is InChI=1S/C31H33N5O4/c1-3-40-31(39)22-9-14-25-26(19-22)34-30(38)28(25)29(21-7-5-4-6-8-21)33-23-10-12-24(13-11-23)35(2)27(37)20-36-17-15-32-16-18-36/h4-14,19,32-33H,3,15-18,20H2,1-2H3,(H,34,38). The number of amides is 2. The molecule has 2 amide bonds. The Morgan fingerprint density at radius 3 is 2.40 bits per heavy atom. The van der Waals surface area contributed by atoms with E-state index >= 15 is 0 Å². The van der Waals surface area contributed by atoms with Gasteiger partial charge in [-0.1, -0.05) is 36.4 Å². The van der Waals surface area contributed by atoms with Gasteiger partial charge in [0.2, 0.25) is 5.91 Å². The third-order valence-corrected chi connectivity index (χ3v) is 7.05. The van der Waals surface area contributed by atoms with Crippen molar-refractivity contribution in [1.82, 2.24) is 10.2 Å². The Morgan fingerprint density at radius 2 is 1.70 bits per heavy atom. The molecule has 206 valence electrons. The van der Waals surface area contributed by atoms with Crippen molar-refractivity contribution in [3.8, 4) is 0 Å². The van der Waals surface area contributed by atoms with Crippen molar-refractivity contribution in [2.24, 2.45) is 0 Å². The molecule has 0 unspecified atom stereocenters. The van der Waals surface area contributed by atoms with Gasteiger partial charge in [0.1, 0.15) is 0 Å². The van der Waals surface area contributed by atoms with Gasteiger partial charge in [0.05, 0.1) is 35.7 Å². The van der Waals surface area contributed by atoms with Crippen LogP contribution in [0.2, 0.25) is 0 Å². The normalized spacial score (nSPS) is 16.1. The molecule has 2 heterocycles. The predicted molar refractivity (Wildman–Crippen MR) is 157 cm³/mol. The fourth-order valence-electron chi connectivity index (χ4n) is 4.87. The van der Waals surface area contributed by atoms with Gasteiger partial charge in [-0.15, -0.1) is 0 Å². The van der Waals surface area contributed by atoms with Crippen LogP contribution in [0.4, 0.5) is 17.1 Å². The number of rotatable bonds is 8. The van der Waals surface area contributed by atoms with E-state index in [-0.39, 0.29) is 18.4 Å². The van der Waals surface area contributed by atoms with Gasteiger partial charge in [-0.3, -0.25) is 14.5 Å². The topological polar surface area (TPSA) is 103 Å². The lowest BCUT2D eigenvalue weighted by Crippen LogP contribution is -2.47. The van der Waals surface area contributed by atoms with Crippen LogP contribution < -0.4 is 20.9 Å². The molecule has 5 rings (SSSR count). The van der Waals surface area contributed by atoms with E-state index < -0.39 is 5.97 Å². The lowest BCUT2D eigenvalue weighted by atomic mass is 9.99. The number of anilines is 3. The fraction of sp³-hybridized carbons (Fsp3) is 0.258. The summed E-state index contributed by atoms with van der Waals surface area (Å²) in [6, 6.07) is 22.3. The number of ether oxygens (including phenoxy) is 1. The van der Waals surface area contributed by atoms with Crippen molar-refractivity contribution < 1.29 is 19.1 Å². The van der Waals surface area contributed by atoms with Crippen LogP contribution in [-0.4, -0.2) is 69.1 Å². The lowest BCUT2D eigenvalue weighted by Gasteiger charge is -2.28. The van der Waals surface area contributed by atoms with Crippen molar-refractivity contribution in [3.05, 3.63) is 89.5 Å². The average Bonchev–Trinajstić information content (AvgIpc) is 3.31. The van der Waals surface area contributed by atoms with Crippen molar-refractivity contribution >= 4 is 46.1 Å². The molecule has 9 nitrogen and oxygen atoms in total. The molecule has 9 heteroatoms. The van der Waals surface area contributed by atoms with E-state index in [9.17, 15) is 14.4 Å².